The van der Waals surface area contributed by atoms with E-state index in [9.17, 15) is 27.9 Å². The van der Waals surface area contributed by atoms with Crippen LogP contribution in [0.2, 0.25) is 0 Å². The fraction of sp³-hybridized carbons (Fsp3) is 0.333. The first kappa shape index (κ1) is 22.4. The van der Waals surface area contributed by atoms with Crippen molar-refractivity contribution >= 4 is 11.9 Å². The Kier molecular flexibility index (Phi) is 7.02. The Morgan fingerprint density at radius 2 is 1.69 bits per heavy atom. The maximum Gasteiger partial charge on any atom is 0.416 e. The summed E-state index contributed by atoms with van der Waals surface area (Å²) in [7, 11) is 1.17. The highest BCUT2D eigenvalue weighted by molar-refractivity contribution is 5.87. The molecule has 0 saturated heterocycles. The predicted molar refractivity (Wildman–Crippen MR) is 100.0 cm³/mol. The number of benzene rings is 2. The van der Waals surface area contributed by atoms with Gasteiger partial charge in [0.1, 0.15) is 6.04 Å². The third-order valence-electron chi connectivity index (χ3n) is 4.62. The number of amides is 1. The van der Waals surface area contributed by atoms with Crippen molar-refractivity contribution in [1.29, 1.82) is 0 Å². The molecule has 156 valence electrons. The van der Waals surface area contributed by atoms with Gasteiger partial charge in [-0.3, -0.25) is 4.79 Å². The average Bonchev–Trinajstić information content (AvgIpc) is 2.68. The topological polar surface area (TPSA) is 75.6 Å². The summed E-state index contributed by atoms with van der Waals surface area (Å²) in [6.45, 7) is 3.86. The van der Waals surface area contributed by atoms with Crippen LogP contribution in [0.3, 0.4) is 0 Å². The van der Waals surface area contributed by atoms with Gasteiger partial charge in [0.25, 0.3) is 5.91 Å². The summed E-state index contributed by atoms with van der Waals surface area (Å²) >= 11 is 0. The molecule has 1 amide bonds. The lowest BCUT2D eigenvalue weighted by molar-refractivity contribution is -0.146. The lowest BCUT2D eigenvalue weighted by atomic mass is 10.00. The quantitative estimate of drug-likeness (QED) is 0.719. The number of halogens is 3. The number of methoxy groups -OCH3 is 1. The van der Waals surface area contributed by atoms with Crippen LogP contribution >= 0.6 is 0 Å². The standard InChI is InChI=1S/C21H22F3NO4/c1-12-4-5-14(10-13(12)2)11-17(20(28)29-3)25-19(27)18(26)15-6-8-16(9-7-15)21(22,23)24/h4-10,17-18,26H,11H2,1-3H3,(H,25,27)/t17-,18-/m0/s1. The van der Waals surface area contributed by atoms with Crippen LogP contribution in [-0.2, 0) is 26.9 Å². The van der Waals surface area contributed by atoms with Crippen LogP contribution in [0.4, 0.5) is 13.2 Å². The number of ether oxygens (including phenoxy) is 1. The van der Waals surface area contributed by atoms with Gasteiger partial charge in [-0.1, -0.05) is 30.3 Å². The van der Waals surface area contributed by atoms with Crippen molar-refractivity contribution in [3.8, 4) is 0 Å². The summed E-state index contributed by atoms with van der Waals surface area (Å²) in [6.07, 6.45) is -6.11. The minimum Gasteiger partial charge on any atom is -0.467 e. The average molecular weight is 409 g/mol. The summed E-state index contributed by atoms with van der Waals surface area (Å²) in [4.78, 5) is 24.5. The second-order valence-corrected chi connectivity index (χ2v) is 6.73. The molecule has 2 rings (SSSR count). The van der Waals surface area contributed by atoms with Crippen LogP contribution in [0.25, 0.3) is 0 Å². The Labute approximate surface area is 166 Å². The van der Waals surface area contributed by atoms with E-state index in [-0.39, 0.29) is 12.0 Å². The van der Waals surface area contributed by atoms with Crippen LogP contribution < -0.4 is 5.32 Å². The molecule has 2 N–H and O–H groups in total. The van der Waals surface area contributed by atoms with Gasteiger partial charge in [-0.25, -0.2) is 4.79 Å². The number of hydrogen-bond acceptors (Lipinski definition) is 4. The van der Waals surface area contributed by atoms with Gasteiger partial charge in [-0.2, -0.15) is 13.2 Å². The Hall–Kier alpha value is -2.87. The molecule has 2 aromatic rings. The van der Waals surface area contributed by atoms with Crippen molar-refractivity contribution in [2.45, 2.75) is 38.6 Å². The number of carbonyl (C=O) groups excluding carboxylic acids is 2. The molecule has 29 heavy (non-hydrogen) atoms. The van der Waals surface area contributed by atoms with Crippen LogP contribution in [0, 0.1) is 13.8 Å². The first-order valence-corrected chi connectivity index (χ1v) is 8.82. The monoisotopic (exact) mass is 409 g/mol. The number of alkyl halides is 3. The molecule has 0 spiro atoms. The van der Waals surface area contributed by atoms with Crippen LogP contribution in [0.15, 0.2) is 42.5 Å². The van der Waals surface area contributed by atoms with Gasteiger partial charge >= 0.3 is 12.1 Å². The molecular weight excluding hydrogens is 387 g/mol. The van der Waals surface area contributed by atoms with E-state index in [0.29, 0.717) is 0 Å². The third-order valence-corrected chi connectivity index (χ3v) is 4.62. The predicted octanol–water partition coefficient (Wildman–Crippen LogP) is 3.26. The highest BCUT2D eigenvalue weighted by Crippen LogP contribution is 2.30. The lowest BCUT2D eigenvalue weighted by Gasteiger charge is -2.19. The molecule has 8 heteroatoms. The van der Waals surface area contributed by atoms with E-state index < -0.39 is 35.8 Å². The first-order valence-electron chi connectivity index (χ1n) is 8.82. The van der Waals surface area contributed by atoms with Crippen LogP contribution in [0.1, 0.15) is 33.9 Å². The smallest absolute Gasteiger partial charge is 0.416 e. The Bertz CT molecular complexity index is 878. The molecule has 0 aliphatic carbocycles. The summed E-state index contributed by atoms with van der Waals surface area (Å²) in [5.41, 5.74) is 1.96. The Morgan fingerprint density at radius 3 is 2.21 bits per heavy atom. The van der Waals surface area contributed by atoms with Crippen molar-refractivity contribution in [2.75, 3.05) is 7.11 Å². The zero-order valence-electron chi connectivity index (χ0n) is 16.2. The minimum absolute atomic E-state index is 0.0229. The normalized spacial score (nSPS) is 13.5. The number of hydrogen-bond donors (Lipinski definition) is 2. The molecule has 0 aliphatic heterocycles. The molecule has 0 radical (unpaired) electrons. The van der Waals surface area contributed by atoms with E-state index in [0.717, 1.165) is 41.0 Å². The molecule has 0 saturated carbocycles. The highest BCUT2D eigenvalue weighted by Gasteiger charge is 2.31. The highest BCUT2D eigenvalue weighted by atomic mass is 19.4. The summed E-state index contributed by atoms with van der Waals surface area (Å²) in [5.74, 6) is -1.61. The zero-order chi connectivity index (χ0) is 21.8. The molecule has 5 nitrogen and oxygen atoms in total. The van der Waals surface area contributed by atoms with Crippen molar-refractivity contribution < 1.29 is 32.6 Å². The number of nitrogens with one attached hydrogen (secondary N) is 1. The van der Waals surface area contributed by atoms with E-state index >= 15 is 0 Å². The summed E-state index contributed by atoms with van der Waals surface area (Å²) in [5, 5.41) is 12.6. The van der Waals surface area contributed by atoms with E-state index in [1.807, 2.05) is 32.0 Å². The van der Waals surface area contributed by atoms with Crippen molar-refractivity contribution in [2.24, 2.45) is 0 Å². The molecule has 0 unspecified atom stereocenters. The molecular formula is C21H22F3NO4. The van der Waals surface area contributed by atoms with Gasteiger partial charge < -0.3 is 15.2 Å². The Morgan fingerprint density at radius 1 is 1.07 bits per heavy atom. The maximum atomic E-state index is 12.6. The second kappa shape index (κ2) is 9.09. The van der Waals surface area contributed by atoms with Crippen molar-refractivity contribution in [3.05, 3.63) is 70.3 Å². The summed E-state index contributed by atoms with van der Waals surface area (Å²) < 4.78 is 42.7. The third kappa shape index (κ3) is 5.80. The second-order valence-electron chi connectivity index (χ2n) is 6.73. The lowest BCUT2D eigenvalue weighted by Crippen LogP contribution is -2.45. The number of aliphatic hydroxyl groups is 1. The number of esters is 1. The number of aryl methyl sites for hydroxylation is 2. The van der Waals surface area contributed by atoms with E-state index in [4.69, 9.17) is 4.74 Å². The van der Waals surface area contributed by atoms with E-state index in [1.54, 1.807) is 0 Å². The molecule has 0 aliphatic rings. The van der Waals surface area contributed by atoms with E-state index in [2.05, 4.69) is 5.32 Å². The van der Waals surface area contributed by atoms with Gasteiger partial charge in [0.05, 0.1) is 12.7 Å². The fourth-order valence-electron chi connectivity index (χ4n) is 2.76. The van der Waals surface area contributed by atoms with Gasteiger partial charge in [0, 0.05) is 6.42 Å². The molecule has 0 bridgehead atoms. The van der Waals surface area contributed by atoms with Crippen LogP contribution in [0.5, 0.6) is 0 Å². The largest absolute Gasteiger partial charge is 0.467 e. The zero-order valence-corrected chi connectivity index (χ0v) is 16.2. The minimum atomic E-state index is -4.52. The molecule has 0 fully saturated rings. The number of rotatable bonds is 6. The SMILES string of the molecule is COC(=O)[C@H](Cc1ccc(C)c(C)c1)NC(=O)[C@@H](O)c1ccc(C(F)(F)F)cc1. The Balaban J connectivity index is 2.14. The first-order chi connectivity index (χ1) is 13.5. The van der Waals surface area contributed by atoms with Gasteiger partial charge in [0.2, 0.25) is 0 Å². The number of carbonyl (C=O) groups is 2. The summed E-state index contributed by atoms with van der Waals surface area (Å²) in [6, 6.07) is 8.11. The molecule has 0 heterocycles. The molecule has 2 atom stereocenters. The van der Waals surface area contributed by atoms with Crippen molar-refractivity contribution in [3.63, 3.8) is 0 Å². The van der Waals surface area contributed by atoms with Gasteiger partial charge in [-0.05, 0) is 48.2 Å². The van der Waals surface area contributed by atoms with Crippen LogP contribution in [-0.4, -0.2) is 30.1 Å². The molecule has 0 aromatic heterocycles. The van der Waals surface area contributed by atoms with E-state index in [1.165, 1.54) is 7.11 Å². The maximum absolute atomic E-state index is 12.6. The molecule has 2 aromatic carbocycles. The van der Waals surface area contributed by atoms with Gasteiger partial charge in [0.15, 0.2) is 6.10 Å². The fourth-order valence-corrected chi connectivity index (χ4v) is 2.76. The van der Waals surface area contributed by atoms with Crippen molar-refractivity contribution in [1.82, 2.24) is 5.32 Å². The van der Waals surface area contributed by atoms with Gasteiger partial charge in [-0.15, -0.1) is 0 Å². The number of aliphatic hydroxyl groups excluding tert-OH is 1.